The molecule has 1 amide bonds. The Hall–Kier alpha value is -2.17. The second kappa shape index (κ2) is 8.97. The lowest BCUT2D eigenvalue weighted by molar-refractivity contribution is 0.102. The van der Waals surface area contributed by atoms with Gasteiger partial charge >= 0.3 is 0 Å². The van der Waals surface area contributed by atoms with Crippen LogP contribution in [-0.4, -0.2) is 31.0 Å². The number of piperidine rings is 1. The second-order valence-corrected chi connectivity index (χ2v) is 7.27. The van der Waals surface area contributed by atoms with E-state index in [1.165, 1.54) is 31.5 Å². The predicted molar refractivity (Wildman–Crippen MR) is 105 cm³/mol. The third kappa shape index (κ3) is 5.16. The first kappa shape index (κ1) is 18.6. The van der Waals surface area contributed by atoms with Crippen molar-refractivity contribution >= 4 is 11.6 Å². The van der Waals surface area contributed by atoms with Crippen molar-refractivity contribution in [3.8, 4) is 0 Å². The Balaban J connectivity index is 1.59. The number of carbonyl (C=O) groups excluding carboxylic acids is 1. The second-order valence-electron chi connectivity index (χ2n) is 7.27. The highest BCUT2D eigenvalue weighted by atomic mass is 16.5. The maximum Gasteiger partial charge on any atom is 0.255 e. The molecule has 2 aromatic rings. The van der Waals surface area contributed by atoms with Crippen LogP contribution in [0.2, 0.25) is 0 Å². The van der Waals surface area contributed by atoms with Crippen LogP contribution in [0.25, 0.3) is 0 Å². The van der Waals surface area contributed by atoms with Gasteiger partial charge in [0.25, 0.3) is 5.91 Å². The molecule has 1 saturated heterocycles. The van der Waals surface area contributed by atoms with E-state index in [1.807, 2.05) is 36.4 Å². The molecule has 138 valence electrons. The van der Waals surface area contributed by atoms with E-state index in [0.29, 0.717) is 12.2 Å². The van der Waals surface area contributed by atoms with Crippen LogP contribution < -0.4 is 5.32 Å². The van der Waals surface area contributed by atoms with E-state index in [1.54, 1.807) is 7.11 Å². The summed E-state index contributed by atoms with van der Waals surface area (Å²) in [4.78, 5) is 15.0. The number of nitrogens with one attached hydrogen (secondary N) is 1. The molecule has 0 radical (unpaired) electrons. The van der Waals surface area contributed by atoms with Gasteiger partial charge in [-0.3, -0.25) is 9.69 Å². The number of rotatable bonds is 6. The summed E-state index contributed by atoms with van der Waals surface area (Å²) >= 11 is 0. The van der Waals surface area contributed by atoms with Crippen LogP contribution in [-0.2, 0) is 17.9 Å². The van der Waals surface area contributed by atoms with E-state index in [0.717, 1.165) is 23.7 Å². The van der Waals surface area contributed by atoms with E-state index in [9.17, 15) is 4.79 Å². The van der Waals surface area contributed by atoms with E-state index in [2.05, 4.69) is 29.3 Å². The van der Waals surface area contributed by atoms with Crippen molar-refractivity contribution in [3.05, 3.63) is 65.2 Å². The van der Waals surface area contributed by atoms with E-state index in [-0.39, 0.29) is 5.91 Å². The van der Waals surface area contributed by atoms with Crippen molar-refractivity contribution in [1.82, 2.24) is 4.90 Å². The summed E-state index contributed by atoms with van der Waals surface area (Å²) in [5, 5.41) is 2.96. The van der Waals surface area contributed by atoms with Gasteiger partial charge in [-0.05, 0) is 60.7 Å². The van der Waals surface area contributed by atoms with Crippen LogP contribution in [0.1, 0.15) is 41.3 Å². The minimum atomic E-state index is -0.0855. The van der Waals surface area contributed by atoms with Crippen LogP contribution in [0.3, 0.4) is 0 Å². The summed E-state index contributed by atoms with van der Waals surface area (Å²) in [7, 11) is 1.66. The Morgan fingerprint density at radius 1 is 1.19 bits per heavy atom. The summed E-state index contributed by atoms with van der Waals surface area (Å²) in [5.74, 6) is 0.695. The molecule has 4 nitrogen and oxygen atoms in total. The van der Waals surface area contributed by atoms with Gasteiger partial charge in [0.2, 0.25) is 0 Å². The van der Waals surface area contributed by atoms with E-state index >= 15 is 0 Å². The Labute approximate surface area is 156 Å². The smallest absolute Gasteiger partial charge is 0.255 e. The minimum absolute atomic E-state index is 0.0855. The molecule has 1 unspecified atom stereocenters. The van der Waals surface area contributed by atoms with Crippen LogP contribution in [0.4, 0.5) is 5.69 Å². The minimum Gasteiger partial charge on any atom is -0.380 e. The fourth-order valence-corrected chi connectivity index (χ4v) is 3.56. The summed E-state index contributed by atoms with van der Waals surface area (Å²) < 4.78 is 5.14. The monoisotopic (exact) mass is 352 g/mol. The zero-order valence-corrected chi connectivity index (χ0v) is 15.7. The number of carbonyl (C=O) groups is 1. The molecule has 1 aliphatic rings. The van der Waals surface area contributed by atoms with Crippen LogP contribution in [0.5, 0.6) is 0 Å². The fraction of sp³-hybridized carbons (Fsp3) is 0.409. The third-order valence-corrected chi connectivity index (χ3v) is 4.86. The van der Waals surface area contributed by atoms with Crippen LogP contribution in [0.15, 0.2) is 48.5 Å². The van der Waals surface area contributed by atoms with Gasteiger partial charge < -0.3 is 10.1 Å². The molecule has 1 heterocycles. The largest absolute Gasteiger partial charge is 0.380 e. The number of nitrogens with zero attached hydrogens (tertiary/aromatic N) is 1. The topological polar surface area (TPSA) is 41.6 Å². The van der Waals surface area contributed by atoms with Crippen LogP contribution >= 0.6 is 0 Å². The van der Waals surface area contributed by atoms with Gasteiger partial charge in [0.05, 0.1) is 6.61 Å². The Kier molecular flexibility index (Phi) is 6.42. The maximum atomic E-state index is 12.5. The van der Waals surface area contributed by atoms with Crippen molar-refractivity contribution in [3.63, 3.8) is 0 Å². The molecule has 2 aromatic carbocycles. The van der Waals surface area contributed by atoms with Gasteiger partial charge in [-0.15, -0.1) is 0 Å². The van der Waals surface area contributed by atoms with Gasteiger partial charge in [0.1, 0.15) is 0 Å². The lowest BCUT2D eigenvalue weighted by Gasteiger charge is -2.30. The highest BCUT2D eigenvalue weighted by Gasteiger charge is 2.16. The molecule has 0 spiro atoms. The van der Waals surface area contributed by atoms with Crippen LogP contribution in [0, 0.1) is 5.92 Å². The first-order valence-corrected chi connectivity index (χ1v) is 9.34. The van der Waals surface area contributed by atoms with Crippen molar-refractivity contribution in [2.45, 2.75) is 32.9 Å². The van der Waals surface area contributed by atoms with Gasteiger partial charge in [0.15, 0.2) is 0 Å². The molecule has 0 saturated carbocycles. The average Bonchev–Trinajstić information content (AvgIpc) is 2.63. The molecule has 26 heavy (non-hydrogen) atoms. The molecular weight excluding hydrogens is 324 g/mol. The SMILES string of the molecule is COCc1cccc(NC(=O)c2ccc(CN3CCCC(C)C3)cc2)c1. The summed E-state index contributed by atoms with van der Waals surface area (Å²) in [5.41, 5.74) is 3.77. The maximum absolute atomic E-state index is 12.5. The molecule has 3 rings (SSSR count). The number of hydrogen-bond donors (Lipinski definition) is 1. The number of amides is 1. The highest BCUT2D eigenvalue weighted by molar-refractivity contribution is 6.04. The normalized spacial score (nSPS) is 17.8. The lowest BCUT2D eigenvalue weighted by atomic mass is 9.99. The zero-order chi connectivity index (χ0) is 18.4. The molecule has 0 bridgehead atoms. The number of likely N-dealkylation sites (tertiary alicyclic amines) is 1. The third-order valence-electron chi connectivity index (χ3n) is 4.86. The molecule has 0 aromatic heterocycles. The quantitative estimate of drug-likeness (QED) is 0.842. The molecule has 1 aliphatic heterocycles. The van der Waals surface area contributed by atoms with Gasteiger partial charge in [0, 0.05) is 31.5 Å². The number of methoxy groups -OCH3 is 1. The summed E-state index contributed by atoms with van der Waals surface area (Å²) in [6, 6.07) is 15.7. The summed E-state index contributed by atoms with van der Waals surface area (Å²) in [6.45, 7) is 6.16. The molecule has 1 atom stereocenters. The molecular formula is C22H28N2O2. The lowest BCUT2D eigenvalue weighted by Crippen LogP contribution is -2.33. The van der Waals surface area contributed by atoms with E-state index in [4.69, 9.17) is 4.74 Å². The predicted octanol–water partition coefficient (Wildman–Crippen LogP) is 4.32. The first-order valence-electron chi connectivity index (χ1n) is 9.34. The Morgan fingerprint density at radius 2 is 2.00 bits per heavy atom. The molecule has 1 fully saturated rings. The Morgan fingerprint density at radius 3 is 2.73 bits per heavy atom. The Bertz CT molecular complexity index is 727. The van der Waals surface area contributed by atoms with Crippen molar-refractivity contribution in [1.29, 1.82) is 0 Å². The number of benzene rings is 2. The van der Waals surface area contributed by atoms with Crippen molar-refractivity contribution < 1.29 is 9.53 Å². The number of hydrogen-bond acceptors (Lipinski definition) is 3. The fourth-order valence-electron chi connectivity index (χ4n) is 3.56. The molecule has 4 heteroatoms. The number of anilines is 1. The van der Waals surface area contributed by atoms with Crippen molar-refractivity contribution in [2.75, 3.05) is 25.5 Å². The molecule has 0 aliphatic carbocycles. The summed E-state index contributed by atoms with van der Waals surface area (Å²) in [6.07, 6.45) is 2.62. The molecule has 1 N–H and O–H groups in total. The van der Waals surface area contributed by atoms with E-state index < -0.39 is 0 Å². The number of ether oxygens (including phenoxy) is 1. The van der Waals surface area contributed by atoms with Gasteiger partial charge in [-0.1, -0.05) is 31.2 Å². The average molecular weight is 352 g/mol. The first-order chi connectivity index (χ1) is 12.6. The standard InChI is InChI=1S/C22H28N2O2/c1-17-5-4-12-24(14-17)15-18-8-10-20(11-9-18)22(25)23-21-7-3-6-19(13-21)16-26-2/h3,6-11,13,17H,4-5,12,14-16H2,1-2H3,(H,23,25). The highest BCUT2D eigenvalue weighted by Crippen LogP contribution is 2.18. The zero-order valence-electron chi connectivity index (χ0n) is 15.7. The van der Waals surface area contributed by atoms with Gasteiger partial charge in [-0.25, -0.2) is 0 Å². The van der Waals surface area contributed by atoms with Gasteiger partial charge in [-0.2, -0.15) is 0 Å². The van der Waals surface area contributed by atoms with Crippen molar-refractivity contribution in [2.24, 2.45) is 5.92 Å².